The number of carboxylic acid groups (broad SMARTS) is 1. The van der Waals surface area contributed by atoms with Gasteiger partial charge in [0, 0.05) is 25.0 Å². The summed E-state index contributed by atoms with van der Waals surface area (Å²) < 4.78 is 5.75. The molecule has 1 N–H and O–H groups in total. The molecule has 0 radical (unpaired) electrons. The van der Waals surface area contributed by atoms with E-state index < -0.39 is 5.97 Å². The number of carboxylic acids is 1. The van der Waals surface area contributed by atoms with Gasteiger partial charge in [0.2, 0.25) is 0 Å². The highest BCUT2D eigenvalue weighted by Crippen LogP contribution is 2.42. The fraction of sp³-hybridized carbons (Fsp3) is 0.562. The molecule has 4 nitrogen and oxygen atoms in total. The van der Waals surface area contributed by atoms with Crippen LogP contribution < -0.4 is 0 Å². The van der Waals surface area contributed by atoms with E-state index in [2.05, 4.69) is 4.90 Å². The molecule has 1 aromatic carbocycles. The first-order chi connectivity index (χ1) is 9.67. The average Bonchev–Trinajstić information content (AvgIpc) is 2.62. The third kappa shape index (κ3) is 2.86. The number of rotatable bonds is 3. The van der Waals surface area contributed by atoms with Crippen molar-refractivity contribution in [2.24, 2.45) is 5.41 Å². The minimum atomic E-state index is -0.867. The summed E-state index contributed by atoms with van der Waals surface area (Å²) in [5.74, 6) is -0.867. The van der Waals surface area contributed by atoms with Crippen LogP contribution in [0.3, 0.4) is 0 Å². The molecule has 0 bridgehead atoms. The summed E-state index contributed by atoms with van der Waals surface area (Å²) in [6.45, 7) is 4.65. The Bertz CT molecular complexity index is 479. The highest BCUT2D eigenvalue weighted by Gasteiger charge is 2.39. The third-order valence-electron chi connectivity index (χ3n) is 4.54. The number of hydrogen-bond acceptors (Lipinski definition) is 3. The van der Waals surface area contributed by atoms with E-state index in [0.717, 1.165) is 32.8 Å². The summed E-state index contributed by atoms with van der Waals surface area (Å²) in [7, 11) is 0. The van der Waals surface area contributed by atoms with Gasteiger partial charge in [-0.05, 0) is 30.5 Å². The maximum absolute atomic E-state index is 10.9. The van der Waals surface area contributed by atoms with Crippen molar-refractivity contribution < 1.29 is 14.6 Å². The van der Waals surface area contributed by atoms with Crippen LogP contribution in [0.1, 0.15) is 35.2 Å². The molecule has 2 fully saturated rings. The van der Waals surface area contributed by atoms with Crippen molar-refractivity contribution in [1.82, 2.24) is 4.90 Å². The molecular weight excluding hydrogens is 254 g/mol. The van der Waals surface area contributed by atoms with Crippen LogP contribution in [0.4, 0.5) is 0 Å². The zero-order valence-corrected chi connectivity index (χ0v) is 11.7. The van der Waals surface area contributed by atoms with Gasteiger partial charge in [-0.2, -0.15) is 0 Å². The molecule has 1 saturated carbocycles. The van der Waals surface area contributed by atoms with Crippen LogP contribution in [0.2, 0.25) is 0 Å². The van der Waals surface area contributed by atoms with E-state index >= 15 is 0 Å². The highest BCUT2D eigenvalue weighted by atomic mass is 16.5. The van der Waals surface area contributed by atoms with Gasteiger partial charge in [0.1, 0.15) is 0 Å². The minimum Gasteiger partial charge on any atom is -0.478 e. The van der Waals surface area contributed by atoms with E-state index in [1.807, 2.05) is 12.1 Å². The molecule has 20 heavy (non-hydrogen) atoms. The predicted molar refractivity (Wildman–Crippen MR) is 75.8 cm³/mol. The molecule has 1 spiro atoms. The van der Waals surface area contributed by atoms with Crippen LogP contribution in [0.15, 0.2) is 24.3 Å². The fourth-order valence-electron chi connectivity index (χ4n) is 3.21. The Morgan fingerprint density at radius 3 is 2.65 bits per heavy atom. The number of aromatic carboxylic acids is 1. The van der Waals surface area contributed by atoms with Crippen molar-refractivity contribution in [2.45, 2.75) is 25.8 Å². The van der Waals surface area contributed by atoms with Gasteiger partial charge in [0.05, 0.1) is 18.8 Å². The summed E-state index contributed by atoms with van der Waals surface area (Å²) in [5.41, 5.74) is 1.91. The van der Waals surface area contributed by atoms with Crippen molar-refractivity contribution in [3.8, 4) is 0 Å². The van der Waals surface area contributed by atoms with E-state index in [9.17, 15) is 4.79 Å². The van der Waals surface area contributed by atoms with E-state index in [1.165, 1.54) is 24.8 Å². The summed E-state index contributed by atoms with van der Waals surface area (Å²) in [4.78, 5) is 13.3. The van der Waals surface area contributed by atoms with Gasteiger partial charge in [0.25, 0.3) is 0 Å². The van der Waals surface area contributed by atoms with Gasteiger partial charge in [-0.1, -0.05) is 18.6 Å². The quantitative estimate of drug-likeness (QED) is 0.920. The zero-order valence-electron chi connectivity index (χ0n) is 11.7. The van der Waals surface area contributed by atoms with E-state index in [4.69, 9.17) is 9.84 Å². The van der Waals surface area contributed by atoms with E-state index in [1.54, 1.807) is 12.1 Å². The molecule has 0 atom stereocenters. The average molecular weight is 275 g/mol. The minimum absolute atomic E-state index is 0.350. The van der Waals surface area contributed by atoms with Crippen LogP contribution in [-0.4, -0.2) is 42.3 Å². The van der Waals surface area contributed by atoms with Crippen LogP contribution in [0.25, 0.3) is 0 Å². The van der Waals surface area contributed by atoms with E-state index in [-0.39, 0.29) is 0 Å². The first kappa shape index (κ1) is 13.6. The highest BCUT2D eigenvalue weighted by molar-refractivity contribution is 5.87. The molecular formula is C16H21NO3. The molecule has 1 aliphatic heterocycles. The number of benzene rings is 1. The van der Waals surface area contributed by atoms with Crippen LogP contribution in [-0.2, 0) is 11.3 Å². The fourth-order valence-corrected chi connectivity index (χ4v) is 3.21. The standard InChI is InChI=1S/C16H21NO3/c18-15(19)14-4-2-13(3-5-14)10-17-8-9-20-12-16(11-17)6-1-7-16/h2-5H,1,6-12H2,(H,18,19). The summed E-state index contributed by atoms with van der Waals surface area (Å²) in [5, 5.41) is 8.92. The zero-order chi connectivity index (χ0) is 14.0. The molecule has 108 valence electrons. The molecule has 0 aromatic heterocycles. The topological polar surface area (TPSA) is 49.8 Å². The van der Waals surface area contributed by atoms with Crippen molar-refractivity contribution >= 4 is 5.97 Å². The number of carbonyl (C=O) groups is 1. The first-order valence-corrected chi connectivity index (χ1v) is 7.29. The largest absolute Gasteiger partial charge is 0.478 e. The third-order valence-corrected chi connectivity index (χ3v) is 4.54. The monoisotopic (exact) mass is 275 g/mol. The Balaban J connectivity index is 1.65. The smallest absolute Gasteiger partial charge is 0.335 e. The Kier molecular flexibility index (Phi) is 3.76. The van der Waals surface area contributed by atoms with Gasteiger partial charge in [0.15, 0.2) is 0 Å². The van der Waals surface area contributed by atoms with Gasteiger partial charge < -0.3 is 9.84 Å². The molecule has 1 heterocycles. The van der Waals surface area contributed by atoms with Gasteiger partial charge in [-0.3, -0.25) is 4.90 Å². The van der Waals surface area contributed by atoms with Crippen LogP contribution in [0, 0.1) is 5.41 Å². The van der Waals surface area contributed by atoms with Crippen LogP contribution >= 0.6 is 0 Å². The first-order valence-electron chi connectivity index (χ1n) is 7.29. The lowest BCUT2D eigenvalue weighted by atomic mass is 9.69. The lowest BCUT2D eigenvalue weighted by Gasteiger charge is -2.42. The normalized spacial score (nSPS) is 22.2. The Labute approximate surface area is 119 Å². The maximum Gasteiger partial charge on any atom is 0.335 e. The summed E-state index contributed by atoms with van der Waals surface area (Å²) in [6.07, 6.45) is 3.88. The maximum atomic E-state index is 10.9. The van der Waals surface area contributed by atoms with Gasteiger partial charge >= 0.3 is 5.97 Å². The molecule has 0 unspecified atom stereocenters. The number of ether oxygens (including phenoxy) is 1. The number of nitrogens with zero attached hydrogens (tertiary/aromatic N) is 1. The second-order valence-corrected chi connectivity index (χ2v) is 6.12. The lowest BCUT2D eigenvalue weighted by molar-refractivity contribution is 0.00955. The molecule has 2 aliphatic rings. The molecule has 1 saturated heterocycles. The SMILES string of the molecule is O=C(O)c1ccc(CN2CCOCC3(CCC3)C2)cc1. The van der Waals surface area contributed by atoms with Crippen molar-refractivity contribution in [1.29, 1.82) is 0 Å². The molecule has 1 aromatic rings. The Hall–Kier alpha value is -1.39. The van der Waals surface area contributed by atoms with E-state index in [0.29, 0.717) is 11.0 Å². The number of hydrogen-bond donors (Lipinski definition) is 1. The Morgan fingerprint density at radius 2 is 2.05 bits per heavy atom. The second-order valence-electron chi connectivity index (χ2n) is 6.12. The van der Waals surface area contributed by atoms with Crippen molar-refractivity contribution in [3.05, 3.63) is 35.4 Å². The molecule has 4 heteroatoms. The van der Waals surface area contributed by atoms with Crippen molar-refractivity contribution in [2.75, 3.05) is 26.3 Å². The lowest BCUT2D eigenvalue weighted by Crippen LogP contribution is -2.43. The second kappa shape index (κ2) is 5.54. The molecule has 3 rings (SSSR count). The predicted octanol–water partition coefficient (Wildman–Crippen LogP) is 2.39. The molecule has 0 amide bonds. The molecule has 1 aliphatic carbocycles. The summed E-state index contributed by atoms with van der Waals surface area (Å²) >= 11 is 0. The summed E-state index contributed by atoms with van der Waals surface area (Å²) in [6, 6.07) is 7.21. The van der Waals surface area contributed by atoms with Gasteiger partial charge in [-0.15, -0.1) is 0 Å². The van der Waals surface area contributed by atoms with Crippen molar-refractivity contribution in [3.63, 3.8) is 0 Å². The van der Waals surface area contributed by atoms with Crippen LogP contribution in [0.5, 0.6) is 0 Å². The Morgan fingerprint density at radius 1 is 1.30 bits per heavy atom. The van der Waals surface area contributed by atoms with Gasteiger partial charge in [-0.25, -0.2) is 4.79 Å².